The second-order valence-electron chi connectivity index (χ2n) is 9.85. The Hall–Kier alpha value is -4.78. The number of aryl methyl sites for hydroxylation is 1. The number of imide groups is 1. The number of hydrogen-bond donors (Lipinski definition) is 2. The summed E-state index contributed by atoms with van der Waals surface area (Å²) in [5.74, 6) is -2.08. The second kappa shape index (κ2) is 11.9. The van der Waals surface area contributed by atoms with Gasteiger partial charge in [0.25, 0.3) is 11.8 Å². The quantitative estimate of drug-likeness (QED) is 0.268. The highest BCUT2D eigenvalue weighted by molar-refractivity contribution is 6.20. The van der Waals surface area contributed by atoms with Gasteiger partial charge in [0.1, 0.15) is 30.1 Å². The van der Waals surface area contributed by atoms with Crippen molar-refractivity contribution < 1.29 is 38.6 Å². The summed E-state index contributed by atoms with van der Waals surface area (Å²) in [5, 5.41) is 12.7. The Morgan fingerprint density at radius 1 is 1.05 bits per heavy atom. The van der Waals surface area contributed by atoms with E-state index in [4.69, 9.17) is 14.3 Å². The number of ether oxygens (including phenoxy) is 2. The molecule has 1 unspecified atom stereocenters. The number of nitrogens with one attached hydrogen (secondary N) is 1. The molecule has 4 rings (SSSR count). The van der Waals surface area contributed by atoms with E-state index in [0.717, 1.165) is 5.69 Å². The number of benzene rings is 1. The molecule has 0 fully saturated rings. The van der Waals surface area contributed by atoms with Crippen LogP contribution < -0.4 is 10.1 Å². The van der Waals surface area contributed by atoms with Gasteiger partial charge in [0.15, 0.2) is 0 Å². The number of carbonyl (C=O) groups excluding carboxylic acids is 3. The first-order valence-corrected chi connectivity index (χ1v) is 12.5. The number of carbonyl (C=O) groups is 4. The lowest BCUT2D eigenvalue weighted by molar-refractivity contribution is -0.178. The number of nitrogens with zero attached hydrogens (tertiary/aromatic N) is 4. The third-order valence-electron chi connectivity index (χ3n) is 5.57. The number of aliphatic carboxylic acids is 1. The molecular weight excluding hydrogens is 522 g/mol. The SMILES string of the molecule is CC(C)(C)OC(=O)NCCCc1cn(-c2ccc(OCC(ON3C(=O)c4ccccc4C3=O)C(=O)O)cn2)cn1. The lowest BCUT2D eigenvalue weighted by atomic mass is 10.1. The molecule has 2 N–H and O–H groups in total. The van der Waals surface area contributed by atoms with Gasteiger partial charge in [0, 0.05) is 12.7 Å². The Morgan fingerprint density at radius 2 is 1.75 bits per heavy atom. The zero-order valence-corrected chi connectivity index (χ0v) is 22.2. The molecule has 3 aromatic rings. The minimum atomic E-state index is -1.62. The number of alkyl carbamates (subject to hydrolysis) is 1. The molecule has 3 heterocycles. The Labute approximate surface area is 229 Å². The summed E-state index contributed by atoms with van der Waals surface area (Å²) in [7, 11) is 0. The summed E-state index contributed by atoms with van der Waals surface area (Å²) >= 11 is 0. The van der Waals surface area contributed by atoms with Crippen molar-refractivity contribution in [2.45, 2.75) is 45.3 Å². The van der Waals surface area contributed by atoms with Crippen LogP contribution in [0.2, 0.25) is 0 Å². The fourth-order valence-electron chi connectivity index (χ4n) is 3.71. The van der Waals surface area contributed by atoms with E-state index in [1.165, 1.54) is 18.3 Å². The molecule has 0 saturated heterocycles. The lowest BCUT2D eigenvalue weighted by Crippen LogP contribution is -2.41. The van der Waals surface area contributed by atoms with Crippen LogP contribution in [-0.4, -0.2) is 73.4 Å². The third-order valence-corrected chi connectivity index (χ3v) is 5.57. The van der Waals surface area contributed by atoms with Crippen molar-refractivity contribution in [2.75, 3.05) is 13.2 Å². The molecule has 3 amide bonds. The molecule has 2 aromatic heterocycles. The number of pyridine rings is 1. The molecule has 13 heteroatoms. The van der Waals surface area contributed by atoms with Gasteiger partial charge in [-0.25, -0.2) is 24.4 Å². The van der Waals surface area contributed by atoms with E-state index in [-0.39, 0.29) is 16.9 Å². The maximum atomic E-state index is 12.5. The summed E-state index contributed by atoms with van der Waals surface area (Å²) in [4.78, 5) is 62.2. The van der Waals surface area contributed by atoms with Crippen molar-refractivity contribution in [1.82, 2.24) is 24.9 Å². The minimum Gasteiger partial charge on any atom is -0.489 e. The topological polar surface area (TPSA) is 162 Å². The van der Waals surface area contributed by atoms with Crippen LogP contribution in [0.1, 0.15) is 53.6 Å². The van der Waals surface area contributed by atoms with Gasteiger partial charge in [0.2, 0.25) is 6.10 Å². The van der Waals surface area contributed by atoms with Gasteiger partial charge in [-0.2, -0.15) is 0 Å². The summed E-state index contributed by atoms with van der Waals surface area (Å²) in [6.45, 7) is 5.37. The first-order valence-electron chi connectivity index (χ1n) is 12.5. The van der Waals surface area contributed by atoms with E-state index < -0.39 is 42.2 Å². The van der Waals surface area contributed by atoms with Crippen molar-refractivity contribution in [1.29, 1.82) is 0 Å². The predicted molar refractivity (Wildman–Crippen MR) is 139 cm³/mol. The van der Waals surface area contributed by atoms with Crippen molar-refractivity contribution in [3.05, 3.63) is 71.9 Å². The number of hydroxylamine groups is 2. The Bertz CT molecular complexity index is 1360. The Balaban J connectivity index is 1.27. The van der Waals surface area contributed by atoms with E-state index in [9.17, 15) is 24.3 Å². The van der Waals surface area contributed by atoms with Gasteiger partial charge in [-0.1, -0.05) is 12.1 Å². The molecule has 40 heavy (non-hydrogen) atoms. The smallest absolute Gasteiger partial charge is 0.407 e. The highest BCUT2D eigenvalue weighted by atomic mass is 16.7. The van der Waals surface area contributed by atoms with E-state index in [2.05, 4.69) is 15.3 Å². The lowest BCUT2D eigenvalue weighted by Gasteiger charge is -2.19. The number of rotatable bonds is 11. The molecular formula is C27H29N5O8. The van der Waals surface area contributed by atoms with Crippen LogP contribution >= 0.6 is 0 Å². The number of imidazole rings is 1. The van der Waals surface area contributed by atoms with E-state index >= 15 is 0 Å². The van der Waals surface area contributed by atoms with Crippen LogP contribution in [0.3, 0.4) is 0 Å². The van der Waals surface area contributed by atoms with E-state index in [0.29, 0.717) is 30.3 Å². The van der Waals surface area contributed by atoms with Crippen LogP contribution in [-0.2, 0) is 20.8 Å². The molecule has 13 nitrogen and oxygen atoms in total. The molecule has 0 saturated carbocycles. The van der Waals surface area contributed by atoms with Gasteiger partial charge in [-0.05, 0) is 57.9 Å². The van der Waals surface area contributed by atoms with Gasteiger partial charge in [-0.15, -0.1) is 5.06 Å². The van der Waals surface area contributed by atoms with Crippen molar-refractivity contribution in [2.24, 2.45) is 0 Å². The van der Waals surface area contributed by atoms with Gasteiger partial charge in [0.05, 0.1) is 23.0 Å². The zero-order chi connectivity index (χ0) is 28.9. The normalized spacial score (nSPS) is 13.6. The molecule has 0 radical (unpaired) electrons. The average molecular weight is 552 g/mol. The summed E-state index contributed by atoms with van der Waals surface area (Å²) in [6, 6.07) is 9.37. The van der Waals surface area contributed by atoms with E-state index in [1.807, 2.05) is 6.20 Å². The highest BCUT2D eigenvalue weighted by Gasteiger charge is 2.39. The first kappa shape index (κ1) is 28.2. The maximum absolute atomic E-state index is 12.5. The van der Waals surface area contributed by atoms with Crippen LogP contribution in [0.15, 0.2) is 55.1 Å². The Morgan fingerprint density at radius 3 is 2.35 bits per heavy atom. The van der Waals surface area contributed by atoms with Crippen molar-refractivity contribution in [3.8, 4) is 11.6 Å². The average Bonchev–Trinajstić information content (AvgIpc) is 3.47. The number of fused-ring (bicyclic) bond motifs is 1. The zero-order valence-electron chi connectivity index (χ0n) is 22.2. The van der Waals surface area contributed by atoms with Gasteiger partial charge < -0.3 is 19.9 Å². The van der Waals surface area contributed by atoms with Gasteiger partial charge >= 0.3 is 12.1 Å². The molecule has 1 aliphatic heterocycles. The van der Waals surface area contributed by atoms with E-state index in [1.54, 1.807) is 55.9 Å². The summed E-state index contributed by atoms with van der Waals surface area (Å²) in [5.41, 5.74) is 0.530. The summed E-state index contributed by atoms with van der Waals surface area (Å²) in [6.07, 6.45) is 4.04. The molecule has 0 spiro atoms. The highest BCUT2D eigenvalue weighted by Crippen LogP contribution is 2.24. The molecule has 1 atom stereocenters. The molecule has 0 bridgehead atoms. The minimum absolute atomic E-state index is 0.137. The van der Waals surface area contributed by atoms with Crippen LogP contribution in [0.5, 0.6) is 5.75 Å². The number of amides is 3. The number of aromatic nitrogens is 3. The number of hydrogen-bond acceptors (Lipinski definition) is 9. The standard InChI is InChI=1S/C27H29N5O8/c1-27(2,3)39-26(37)28-12-6-7-17-14-31(16-30-17)22-11-10-18(13-29-22)38-15-21(25(35)36)40-32-23(33)19-8-4-5-9-20(19)24(32)34/h4-5,8-11,13-14,16,21H,6-7,12,15H2,1-3H3,(H,28,37)(H,35,36). The first-order chi connectivity index (χ1) is 19.0. The van der Waals surface area contributed by atoms with Gasteiger partial charge in [-0.3, -0.25) is 14.2 Å². The van der Waals surface area contributed by atoms with Crippen molar-refractivity contribution >= 4 is 23.9 Å². The fourth-order valence-corrected chi connectivity index (χ4v) is 3.71. The molecule has 1 aliphatic rings. The second-order valence-corrected chi connectivity index (χ2v) is 9.85. The number of carboxylic acids is 1. The summed E-state index contributed by atoms with van der Waals surface area (Å²) < 4.78 is 12.4. The number of carboxylic acid groups (broad SMARTS) is 1. The maximum Gasteiger partial charge on any atom is 0.407 e. The third kappa shape index (κ3) is 6.99. The molecule has 1 aromatic carbocycles. The monoisotopic (exact) mass is 551 g/mol. The van der Waals surface area contributed by atoms with Crippen molar-refractivity contribution in [3.63, 3.8) is 0 Å². The fraction of sp³-hybridized carbons (Fsp3) is 0.333. The largest absolute Gasteiger partial charge is 0.489 e. The molecule has 0 aliphatic carbocycles. The van der Waals surface area contributed by atoms with Crippen LogP contribution in [0, 0.1) is 0 Å². The van der Waals surface area contributed by atoms with Crippen LogP contribution in [0.25, 0.3) is 5.82 Å². The Kier molecular flexibility index (Phi) is 8.43. The molecule has 210 valence electrons. The predicted octanol–water partition coefficient (Wildman–Crippen LogP) is 2.78. The van der Waals surface area contributed by atoms with Crippen LogP contribution in [0.4, 0.5) is 4.79 Å².